The first-order valence-corrected chi connectivity index (χ1v) is 7.31. The molecule has 0 bridgehead atoms. The minimum Gasteiger partial charge on any atom is -0.385 e. The molecule has 3 nitrogen and oxygen atoms in total. The molecule has 0 aliphatic carbocycles. The molecule has 0 radical (unpaired) electrons. The molecule has 1 aromatic heterocycles. The zero-order valence-electron chi connectivity index (χ0n) is 10.3. The number of nitrogens with one attached hydrogen (secondary N) is 1. The standard InChI is InChI=1S/C13H20N2OS/c1-2-14-11-3-6-15-12(9-11)10-17-13-4-7-16-8-5-13/h3,6,9,13H,2,4-5,7-8,10H2,1H3,(H,14,15). The Morgan fingerprint density at radius 2 is 2.29 bits per heavy atom. The van der Waals surface area contributed by atoms with Crippen molar-refractivity contribution in [1.29, 1.82) is 0 Å². The van der Waals surface area contributed by atoms with Gasteiger partial charge in [0.05, 0.1) is 5.69 Å². The molecule has 0 atom stereocenters. The van der Waals surface area contributed by atoms with Gasteiger partial charge >= 0.3 is 0 Å². The van der Waals surface area contributed by atoms with Crippen molar-refractivity contribution in [2.75, 3.05) is 25.1 Å². The number of ether oxygens (including phenoxy) is 1. The van der Waals surface area contributed by atoms with E-state index in [4.69, 9.17) is 4.74 Å². The SMILES string of the molecule is CCNc1ccnc(CSC2CCOCC2)c1. The third kappa shape index (κ3) is 4.21. The predicted molar refractivity (Wildman–Crippen MR) is 73.5 cm³/mol. The maximum Gasteiger partial charge on any atom is 0.0523 e. The van der Waals surface area contributed by atoms with Gasteiger partial charge in [-0.2, -0.15) is 11.8 Å². The molecule has 1 fully saturated rings. The van der Waals surface area contributed by atoms with Crippen molar-refractivity contribution in [2.24, 2.45) is 0 Å². The van der Waals surface area contributed by atoms with E-state index in [1.807, 2.05) is 24.0 Å². The van der Waals surface area contributed by atoms with Gasteiger partial charge in [0.2, 0.25) is 0 Å². The molecule has 1 saturated heterocycles. The summed E-state index contributed by atoms with van der Waals surface area (Å²) in [5.41, 5.74) is 2.34. The van der Waals surface area contributed by atoms with Gasteiger partial charge in [-0.15, -0.1) is 0 Å². The summed E-state index contributed by atoms with van der Waals surface area (Å²) in [5.74, 6) is 1.00. The number of aromatic nitrogens is 1. The van der Waals surface area contributed by atoms with Crippen LogP contribution < -0.4 is 5.32 Å². The molecular formula is C13H20N2OS. The van der Waals surface area contributed by atoms with E-state index in [0.29, 0.717) is 0 Å². The Labute approximate surface area is 107 Å². The van der Waals surface area contributed by atoms with Gasteiger partial charge in [0.15, 0.2) is 0 Å². The van der Waals surface area contributed by atoms with Crippen LogP contribution in [0, 0.1) is 0 Å². The summed E-state index contributed by atoms with van der Waals surface area (Å²) >= 11 is 2.01. The molecular weight excluding hydrogens is 232 g/mol. The van der Waals surface area contributed by atoms with Crippen molar-refractivity contribution in [3.63, 3.8) is 0 Å². The number of pyridine rings is 1. The molecule has 2 heterocycles. The summed E-state index contributed by atoms with van der Waals surface area (Å²) in [6.07, 6.45) is 4.24. The van der Waals surface area contributed by atoms with Crippen LogP contribution in [0.25, 0.3) is 0 Å². The lowest BCUT2D eigenvalue weighted by Gasteiger charge is -2.21. The van der Waals surface area contributed by atoms with Gasteiger partial charge in [0, 0.05) is 42.6 Å². The second kappa shape index (κ2) is 6.87. The van der Waals surface area contributed by atoms with Crippen molar-refractivity contribution in [2.45, 2.75) is 30.8 Å². The highest BCUT2D eigenvalue weighted by atomic mass is 32.2. The molecule has 0 aromatic carbocycles. The Kier molecular flexibility index (Phi) is 5.13. The Morgan fingerprint density at radius 1 is 1.47 bits per heavy atom. The summed E-state index contributed by atoms with van der Waals surface area (Å²) in [6, 6.07) is 4.17. The second-order valence-corrected chi connectivity index (χ2v) is 5.48. The van der Waals surface area contributed by atoms with Gasteiger partial charge in [0.25, 0.3) is 0 Å². The number of anilines is 1. The zero-order valence-corrected chi connectivity index (χ0v) is 11.1. The first kappa shape index (κ1) is 12.7. The number of thioether (sulfide) groups is 1. The zero-order chi connectivity index (χ0) is 11.9. The van der Waals surface area contributed by atoms with E-state index < -0.39 is 0 Å². The number of rotatable bonds is 5. The smallest absolute Gasteiger partial charge is 0.0523 e. The van der Waals surface area contributed by atoms with Crippen molar-refractivity contribution >= 4 is 17.4 Å². The molecule has 1 aromatic rings. The lowest BCUT2D eigenvalue weighted by molar-refractivity contribution is 0.1000. The quantitative estimate of drug-likeness (QED) is 0.873. The predicted octanol–water partition coefficient (Wildman–Crippen LogP) is 2.93. The maximum atomic E-state index is 5.36. The van der Waals surface area contributed by atoms with Crippen LogP contribution in [0.1, 0.15) is 25.5 Å². The average Bonchev–Trinajstić information content (AvgIpc) is 2.39. The Balaban J connectivity index is 1.83. The first-order chi connectivity index (χ1) is 8.38. The van der Waals surface area contributed by atoms with Gasteiger partial charge < -0.3 is 10.1 Å². The van der Waals surface area contributed by atoms with E-state index in [1.165, 1.54) is 24.2 Å². The third-order valence-electron chi connectivity index (χ3n) is 2.83. The van der Waals surface area contributed by atoms with E-state index in [-0.39, 0.29) is 0 Å². The molecule has 1 N–H and O–H groups in total. The molecule has 94 valence electrons. The van der Waals surface area contributed by atoms with Gasteiger partial charge in [-0.05, 0) is 31.9 Å². The monoisotopic (exact) mass is 252 g/mol. The molecule has 0 saturated carbocycles. The van der Waals surface area contributed by atoms with Gasteiger partial charge in [-0.1, -0.05) is 0 Å². The highest BCUT2D eigenvalue weighted by molar-refractivity contribution is 7.99. The summed E-state index contributed by atoms with van der Waals surface area (Å²) < 4.78 is 5.36. The summed E-state index contributed by atoms with van der Waals surface area (Å²) in [4.78, 5) is 4.41. The van der Waals surface area contributed by atoms with Gasteiger partial charge in [-0.25, -0.2) is 0 Å². The fraction of sp³-hybridized carbons (Fsp3) is 0.615. The minimum absolute atomic E-state index is 0.744. The van der Waals surface area contributed by atoms with Crippen molar-refractivity contribution in [3.05, 3.63) is 24.0 Å². The van der Waals surface area contributed by atoms with Crippen LogP contribution in [0.15, 0.2) is 18.3 Å². The van der Waals surface area contributed by atoms with Crippen molar-refractivity contribution in [1.82, 2.24) is 4.98 Å². The van der Waals surface area contributed by atoms with Crippen LogP contribution in [0.3, 0.4) is 0 Å². The van der Waals surface area contributed by atoms with E-state index in [0.717, 1.165) is 30.8 Å². The minimum atomic E-state index is 0.744. The maximum absolute atomic E-state index is 5.36. The molecule has 0 unspecified atom stereocenters. The van der Waals surface area contributed by atoms with E-state index in [9.17, 15) is 0 Å². The fourth-order valence-electron chi connectivity index (χ4n) is 1.92. The highest BCUT2D eigenvalue weighted by Gasteiger charge is 2.14. The second-order valence-electron chi connectivity index (χ2n) is 4.19. The Hall–Kier alpha value is -0.740. The highest BCUT2D eigenvalue weighted by Crippen LogP contribution is 2.25. The number of nitrogens with zero attached hydrogens (tertiary/aromatic N) is 1. The molecule has 0 amide bonds. The lowest BCUT2D eigenvalue weighted by atomic mass is 10.2. The number of hydrogen-bond acceptors (Lipinski definition) is 4. The summed E-state index contributed by atoms with van der Waals surface area (Å²) in [5, 5.41) is 4.06. The lowest BCUT2D eigenvalue weighted by Crippen LogP contribution is -2.17. The molecule has 4 heteroatoms. The van der Waals surface area contributed by atoms with E-state index in [2.05, 4.69) is 23.3 Å². The van der Waals surface area contributed by atoms with Crippen LogP contribution in [-0.4, -0.2) is 30.0 Å². The molecule has 1 aliphatic rings. The number of hydrogen-bond donors (Lipinski definition) is 1. The van der Waals surface area contributed by atoms with Crippen LogP contribution in [0.5, 0.6) is 0 Å². The molecule has 17 heavy (non-hydrogen) atoms. The largest absolute Gasteiger partial charge is 0.385 e. The topological polar surface area (TPSA) is 34.2 Å². The molecule has 0 spiro atoms. The Morgan fingerprint density at radius 3 is 3.06 bits per heavy atom. The Bertz CT molecular complexity index is 340. The van der Waals surface area contributed by atoms with Crippen LogP contribution in [0.2, 0.25) is 0 Å². The van der Waals surface area contributed by atoms with Crippen LogP contribution >= 0.6 is 11.8 Å². The van der Waals surface area contributed by atoms with Crippen LogP contribution in [-0.2, 0) is 10.5 Å². The average molecular weight is 252 g/mol. The summed E-state index contributed by atoms with van der Waals surface area (Å²) in [6.45, 7) is 4.90. The van der Waals surface area contributed by atoms with E-state index in [1.54, 1.807) is 0 Å². The normalized spacial score (nSPS) is 17.0. The first-order valence-electron chi connectivity index (χ1n) is 6.26. The molecule has 2 rings (SSSR count). The van der Waals surface area contributed by atoms with Gasteiger partial charge in [-0.3, -0.25) is 4.98 Å². The summed E-state index contributed by atoms with van der Waals surface area (Å²) in [7, 11) is 0. The van der Waals surface area contributed by atoms with Crippen molar-refractivity contribution in [3.8, 4) is 0 Å². The van der Waals surface area contributed by atoms with E-state index >= 15 is 0 Å². The third-order valence-corrected chi connectivity index (χ3v) is 4.24. The van der Waals surface area contributed by atoms with Crippen molar-refractivity contribution < 1.29 is 4.74 Å². The molecule has 1 aliphatic heterocycles. The van der Waals surface area contributed by atoms with Gasteiger partial charge in [0.1, 0.15) is 0 Å². The fourth-order valence-corrected chi connectivity index (χ4v) is 3.01. The van der Waals surface area contributed by atoms with Crippen LogP contribution in [0.4, 0.5) is 5.69 Å².